The first-order valence-electron chi connectivity index (χ1n) is 8.01. The molecule has 2 heterocycles. The van der Waals surface area contributed by atoms with E-state index in [0.717, 1.165) is 42.7 Å². The Kier molecular flexibility index (Phi) is 5.73. The fourth-order valence-corrected chi connectivity index (χ4v) is 2.46. The number of aryl methyl sites for hydroxylation is 1. The highest BCUT2D eigenvalue weighted by Crippen LogP contribution is 2.17. The minimum atomic E-state index is -0.123. The number of anilines is 1. The number of aromatic nitrogens is 3. The molecule has 0 atom stereocenters. The molecule has 0 radical (unpaired) electrons. The van der Waals surface area contributed by atoms with Gasteiger partial charge in [0.2, 0.25) is 5.91 Å². The second-order valence-corrected chi connectivity index (χ2v) is 6.05. The van der Waals surface area contributed by atoms with E-state index in [0.29, 0.717) is 11.6 Å². The highest BCUT2D eigenvalue weighted by Gasteiger charge is 2.13. The van der Waals surface area contributed by atoms with Crippen molar-refractivity contribution in [1.29, 1.82) is 0 Å². The zero-order valence-corrected chi connectivity index (χ0v) is 13.9. The normalized spacial score (nSPS) is 11.0. The molecule has 23 heavy (non-hydrogen) atoms. The number of amides is 1. The van der Waals surface area contributed by atoms with E-state index in [1.165, 1.54) is 0 Å². The number of nitrogens with zero attached hydrogens (tertiary/aromatic N) is 2. The second-order valence-electron chi connectivity index (χ2n) is 6.05. The smallest absolute Gasteiger partial charge is 0.230 e. The lowest BCUT2D eigenvalue weighted by atomic mass is 10.1. The third-order valence-corrected chi connectivity index (χ3v) is 3.72. The predicted molar refractivity (Wildman–Crippen MR) is 89.6 cm³/mol. The molecule has 124 valence electrons. The van der Waals surface area contributed by atoms with Crippen molar-refractivity contribution >= 4 is 17.9 Å². The van der Waals surface area contributed by atoms with E-state index in [9.17, 15) is 9.59 Å². The number of hydrogen-bond acceptors (Lipinski definition) is 3. The van der Waals surface area contributed by atoms with E-state index in [1.807, 2.05) is 4.68 Å². The number of carbonyl (C=O) groups excluding carboxylic acids is 2. The lowest BCUT2D eigenvalue weighted by molar-refractivity contribution is -0.115. The number of aromatic amines is 1. The van der Waals surface area contributed by atoms with Crippen molar-refractivity contribution in [3.05, 3.63) is 35.4 Å². The van der Waals surface area contributed by atoms with Gasteiger partial charge in [0.25, 0.3) is 0 Å². The van der Waals surface area contributed by atoms with Crippen molar-refractivity contribution in [2.75, 3.05) is 5.32 Å². The average molecular weight is 316 g/mol. The molecule has 0 saturated carbocycles. The molecule has 0 aliphatic heterocycles. The van der Waals surface area contributed by atoms with Gasteiger partial charge in [-0.2, -0.15) is 5.10 Å². The molecule has 0 saturated heterocycles. The molecule has 0 bridgehead atoms. The van der Waals surface area contributed by atoms with Gasteiger partial charge in [0.05, 0.1) is 29.7 Å². The topological polar surface area (TPSA) is 79.8 Å². The third kappa shape index (κ3) is 4.55. The van der Waals surface area contributed by atoms with E-state index in [-0.39, 0.29) is 12.3 Å². The minimum absolute atomic E-state index is 0.123. The molecule has 2 aromatic heterocycles. The monoisotopic (exact) mass is 316 g/mol. The second kappa shape index (κ2) is 7.76. The highest BCUT2D eigenvalue weighted by atomic mass is 16.1. The summed E-state index contributed by atoms with van der Waals surface area (Å²) in [6, 6.07) is 3.41. The number of hydrogen-bond donors (Lipinski definition) is 2. The standard InChI is InChI=1S/C17H24N4O2/c1-4-16-15(10-18-21(16)8-7-12(2)3)20-17(23)9-13-5-6-14(11-22)19-13/h5-6,10-12,19H,4,7-9H2,1-3H3,(H,20,23). The molecule has 2 aromatic rings. The number of rotatable bonds is 8. The number of carbonyl (C=O) groups is 2. The third-order valence-electron chi connectivity index (χ3n) is 3.72. The van der Waals surface area contributed by atoms with E-state index >= 15 is 0 Å². The van der Waals surface area contributed by atoms with Crippen molar-refractivity contribution in [2.24, 2.45) is 5.92 Å². The van der Waals surface area contributed by atoms with Crippen LogP contribution in [-0.2, 0) is 24.2 Å². The Morgan fingerprint density at radius 1 is 1.43 bits per heavy atom. The predicted octanol–water partition coefficient (Wildman–Crippen LogP) is 2.81. The molecule has 0 aliphatic carbocycles. The summed E-state index contributed by atoms with van der Waals surface area (Å²) < 4.78 is 1.97. The number of H-pyrrole nitrogens is 1. The fraction of sp³-hybridized carbons (Fsp3) is 0.471. The van der Waals surface area contributed by atoms with Crippen LogP contribution >= 0.6 is 0 Å². The van der Waals surface area contributed by atoms with Crippen LogP contribution in [0, 0.1) is 5.92 Å². The number of aldehydes is 1. The molecule has 6 heteroatoms. The number of nitrogens with one attached hydrogen (secondary N) is 2. The summed E-state index contributed by atoms with van der Waals surface area (Å²) in [5, 5.41) is 7.30. The Hall–Kier alpha value is -2.37. The highest BCUT2D eigenvalue weighted by molar-refractivity contribution is 5.92. The summed E-state index contributed by atoms with van der Waals surface area (Å²) in [6.45, 7) is 7.28. The van der Waals surface area contributed by atoms with Crippen LogP contribution in [0.5, 0.6) is 0 Å². The summed E-state index contributed by atoms with van der Waals surface area (Å²) in [7, 11) is 0. The SMILES string of the molecule is CCc1c(NC(=O)Cc2ccc(C=O)[nH]2)cnn1CCC(C)C. The van der Waals surface area contributed by atoms with Gasteiger partial charge in [0.1, 0.15) is 0 Å². The first-order valence-corrected chi connectivity index (χ1v) is 8.01. The zero-order valence-electron chi connectivity index (χ0n) is 13.9. The quantitative estimate of drug-likeness (QED) is 0.735. The first-order chi connectivity index (χ1) is 11.0. The van der Waals surface area contributed by atoms with Gasteiger partial charge in [-0.15, -0.1) is 0 Å². The van der Waals surface area contributed by atoms with Gasteiger partial charge in [-0.25, -0.2) is 0 Å². The molecular weight excluding hydrogens is 292 g/mol. The summed E-state index contributed by atoms with van der Waals surface area (Å²) in [6.07, 6.45) is 4.51. The van der Waals surface area contributed by atoms with Crippen LogP contribution < -0.4 is 5.32 Å². The molecule has 1 amide bonds. The first kappa shape index (κ1) is 17.0. The van der Waals surface area contributed by atoms with Gasteiger partial charge < -0.3 is 10.3 Å². The minimum Gasteiger partial charge on any atom is -0.356 e. The van der Waals surface area contributed by atoms with Crippen LogP contribution in [0.15, 0.2) is 18.3 Å². The lowest BCUT2D eigenvalue weighted by Gasteiger charge is -2.10. The Bertz CT molecular complexity index is 670. The summed E-state index contributed by atoms with van der Waals surface area (Å²) in [5.41, 5.74) is 3.00. The Morgan fingerprint density at radius 2 is 2.22 bits per heavy atom. The summed E-state index contributed by atoms with van der Waals surface area (Å²) in [5.74, 6) is 0.490. The average Bonchev–Trinajstić information content (AvgIpc) is 3.11. The van der Waals surface area contributed by atoms with Gasteiger partial charge in [-0.1, -0.05) is 20.8 Å². The fourth-order valence-electron chi connectivity index (χ4n) is 2.46. The van der Waals surface area contributed by atoms with Gasteiger partial charge in [0, 0.05) is 12.2 Å². The maximum Gasteiger partial charge on any atom is 0.230 e. The summed E-state index contributed by atoms with van der Waals surface area (Å²) >= 11 is 0. The molecule has 0 aliphatic rings. The van der Waals surface area contributed by atoms with Crippen LogP contribution in [0.2, 0.25) is 0 Å². The van der Waals surface area contributed by atoms with E-state index in [4.69, 9.17) is 0 Å². The molecule has 2 rings (SSSR count). The van der Waals surface area contributed by atoms with Crippen molar-refractivity contribution in [2.45, 2.75) is 46.6 Å². The molecule has 0 aromatic carbocycles. The molecule has 2 N–H and O–H groups in total. The van der Waals surface area contributed by atoms with Crippen LogP contribution in [0.4, 0.5) is 5.69 Å². The molecule has 0 unspecified atom stereocenters. The zero-order chi connectivity index (χ0) is 16.8. The van der Waals surface area contributed by atoms with Crippen LogP contribution in [-0.4, -0.2) is 27.0 Å². The van der Waals surface area contributed by atoms with Gasteiger partial charge in [0.15, 0.2) is 6.29 Å². The van der Waals surface area contributed by atoms with Gasteiger partial charge in [-0.3, -0.25) is 14.3 Å². The van der Waals surface area contributed by atoms with Gasteiger partial charge in [-0.05, 0) is 30.9 Å². The largest absolute Gasteiger partial charge is 0.356 e. The summed E-state index contributed by atoms with van der Waals surface area (Å²) in [4.78, 5) is 25.7. The van der Waals surface area contributed by atoms with E-state index in [2.05, 4.69) is 36.2 Å². The van der Waals surface area contributed by atoms with Crippen molar-refractivity contribution in [1.82, 2.24) is 14.8 Å². The van der Waals surface area contributed by atoms with Crippen LogP contribution in [0.3, 0.4) is 0 Å². The molecular formula is C17H24N4O2. The Labute approximate surface area is 136 Å². The Balaban J connectivity index is 2.01. The molecule has 6 nitrogen and oxygen atoms in total. The van der Waals surface area contributed by atoms with Crippen molar-refractivity contribution < 1.29 is 9.59 Å². The maximum absolute atomic E-state index is 12.2. The lowest BCUT2D eigenvalue weighted by Crippen LogP contribution is -2.16. The molecule has 0 spiro atoms. The van der Waals surface area contributed by atoms with Crippen molar-refractivity contribution in [3.63, 3.8) is 0 Å². The van der Waals surface area contributed by atoms with E-state index in [1.54, 1.807) is 18.3 Å². The van der Waals surface area contributed by atoms with Crippen LogP contribution in [0.1, 0.15) is 49.1 Å². The van der Waals surface area contributed by atoms with Gasteiger partial charge >= 0.3 is 0 Å². The van der Waals surface area contributed by atoms with Crippen molar-refractivity contribution in [3.8, 4) is 0 Å². The molecule has 0 fully saturated rings. The Morgan fingerprint density at radius 3 is 2.83 bits per heavy atom. The maximum atomic E-state index is 12.2. The van der Waals surface area contributed by atoms with E-state index < -0.39 is 0 Å². The van der Waals surface area contributed by atoms with Crippen LogP contribution in [0.25, 0.3) is 0 Å².